The van der Waals surface area contributed by atoms with Gasteiger partial charge in [0.1, 0.15) is 0 Å². The Bertz CT molecular complexity index is 471. The van der Waals surface area contributed by atoms with Crippen LogP contribution in [0.2, 0.25) is 0 Å². The molecule has 88 valence electrons. The molecule has 1 aliphatic carbocycles. The summed E-state index contributed by atoms with van der Waals surface area (Å²) in [6.45, 7) is 1.75. The minimum atomic E-state index is 0.745. The fourth-order valence-electron chi connectivity index (χ4n) is 1.89. The summed E-state index contributed by atoms with van der Waals surface area (Å²) in [5, 5.41) is 8.03. The van der Waals surface area contributed by atoms with Crippen molar-refractivity contribution in [2.75, 3.05) is 0 Å². The average molecular weight is 227 g/mol. The topological polar surface area (TPSA) is 29.9 Å². The highest BCUT2D eigenvalue weighted by atomic mass is 15.3. The predicted molar refractivity (Wildman–Crippen MR) is 67.6 cm³/mol. The minimum absolute atomic E-state index is 0.745. The van der Waals surface area contributed by atoms with Gasteiger partial charge in [0.05, 0.1) is 12.2 Å². The van der Waals surface area contributed by atoms with E-state index in [1.165, 1.54) is 18.4 Å². The van der Waals surface area contributed by atoms with E-state index in [1.807, 2.05) is 10.7 Å². The Balaban J connectivity index is 1.59. The van der Waals surface area contributed by atoms with Crippen LogP contribution < -0.4 is 5.32 Å². The summed E-state index contributed by atoms with van der Waals surface area (Å²) in [4.78, 5) is 0. The molecule has 3 nitrogen and oxygen atoms in total. The summed E-state index contributed by atoms with van der Waals surface area (Å²) in [6, 6.07) is 13.3. The molecule has 17 heavy (non-hydrogen) atoms. The van der Waals surface area contributed by atoms with Crippen molar-refractivity contribution in [3.05, 3.63) is 53.9 Å². The van der Waals surface area contributed by atoms with Crippen LogP contribution in [0.25, 0.3) is 0 Å². The number of nitrogens with zero attached hydrogens (tertiary/aromatic N) is 2. The van der Waals surface area contributed by atoms with Gasteiger partial charge in [0.15, 0.2) is 0 Å². The molecule has 1 fully saturated rings. The number of rotatable bonds is 5. The van der Waals surface area contributed by atoms with Crippen LogP contribution in [-0.2, 0) is 13.1 Å². The second-order valence-corrected chi connectivity index (χ2v) is 4.65. The second-order valence-electron chi connectivity index (χ2n) is 4.65. The normalized spacial score (nSPS) is 15.1. The van der Waals surface area contributed by atoms with Gasteiger partial charge in [-0.25, -0.2) is 0 Å². The maximum absolute atomic E-state index is 4.56. The van der Waals surface area contributed by atoms with Crippen molar-refractivity contribution >= 4 is 0 Å². The standard InChI is InChI=1S/C14H17N3/c1-2-4-12(5-3-1)11-17-9-8-14(16-17)10-15-13-6-7-13/h1-5,8-9,13,15H,6-7,10-11H2. The molecule has 0 unspecified atom stereocenters. The zero-order valence-electron chi connectivity index (χ0n) is 9.84. The van der Waals surface area contributed by atoms with Crippen LogP contribution in [0.3, 0.4) is 0 Å². The van der Waals surface area contributed by atoms with Crippen molar-refractivity contribution in [2.45, 2.75) is 32.0 Å². The van der Waals surface area contributed by atoms with Gasteiger partial charge in [0, 0.05) is 18.8 Å². The van der Waals surface area contributed by atoms with Crippen LogP contribution in [0.1, 0.15) is 24.1 Å². The van der Waals surface area contributed by atoms with Crippen molar-refractivity contribution in [2.24, 2.45) is 0 Å². The van der Waals surface area contributed by atoms with Crippen LogP contribution in [-0.4, -0.2) is 15.8 Å². The first-order chi connectivity index (χ1) is 8.40. The average Bonchev–Trinajstić information content (AvgIpc) is 3.09. The van der Waals surface area contributed by atoms with Crippen molar-refractivity contribution in [3.8, 4) is 0 Å². The third-order valence-corrected chi connectivity index (χ3v) is 3.03. The van der Waals surface area contributed by atoms with Crippen LogP contribution in [0.4, 0.5) is 0 Å². The quantitative estimate of drug-likeness (QED) is 0.848. The maximum Gasteiger partial charge on any atom is 0.0762 e. The lowest BCUT2D eigenvalue weighted by molar-refractivity contribution is 0.631. The first-order valence-corrected chi connectivity index (χ1v) is 6.20. The van der Waals surface area contributed by atoms with E-state index >= 15 is 0 Å². The molecule has 0 atom stereocenters. The third-order valence-electron chi connectivity index (χ3n) is 3.03. The molecule has 2 aromatic rings. The molecule has 0 amide bonds. The van der Waals surface area contributed by atoms with Gasteiger partial charge in [0.2, 0.25) is 0 Å². The fraction of sp³-hybridized carbons (Fsp3) is 0.357. The van der Waals surface area contributed by atoms with Gasteiger partial charge < -0.3 is 5.32 Å². The van der Waals surface area contributed by atoms with Gasteiger partial charge in [-0.15, -0.1) is 0 Å². The summed E-state index contributed by atoms with van der Waals surface area (Å²) in [5.41, 5.74) is 2.42. The molecular weight excluding hydrogens is 210 g/mol. The Labute approximate surface area is 101 Å². The van der Waals surface area contributed by atoms with E-state index in [2.05, 4.69) is 46.9 Å². The summed E-state index contributed by atoms with van der Waals surface area (Å²) < 4.78 is 2.00. The van der Waals surface area contributed by atoms with E-state index in [-0.39, 0.29) is 0 Å². The third kappa shape index (κ3) is 2.94. The molecular formula is C14H17N3. The summed E-state index contributed by atoms with van der Waals surface area (Å²) >= 11 is 0. The molecule has 1 aliphatic rings. The predicted octanol–water partition coefficient (Wildman–Crippen LogP) is 2.18. The summed E-state index contributed by atoms with van der Waals surface area (Å²) in [5.74, 6) is 0. The van der Waals surface area contributed by atoms with E-state index in [0.717, 1.165) is 24.8 Å². The van der Waals surface area contributed by atoms with Crippen molar-refractivity contribution in [1.29, 1.82) is 0 Å². The first kappa shape index (κ1) is 10.5. The molecule has 0 spiro atoms. The number of hydrogen-bond donors (Lipinski definition) is 1. The Hall–Kier alpha value is -1.61. The number of aromatic nitrogens is 2. The van der Waals surface area contributed by atoms with Gasteiger partial charge in [-0.1, -0.05) is 30.3 Å². The minimum Gasteiger partial charge on any atom is -0.308 e. The Morgan fingerprint density at radius 3 is 2.76 bits per heavy atom. The van der Waals surface area contributed by atoms with E-state index < -0.39 is 0 Å². The number of benzene rings is 1. The monoisotopic (exact) mass is 227 g/mol. The van der Waals surface area contributed by atoms with Crippen molar-refractivity contribution < 1.29 is 0 Å². The van der Waals surface area contributed by atoms with E-state index in [1.54, 1.807) is 0 Å². The number of hydrogen-bond acceptors (Lipinski definition) is 2. The summed E-state index contributed by atoms with van der Waals surface area (Å²) in [6.07, 6.45) is 4.70. The molecule has 3 rings (SSSR count). The highest BCUT2D eigenvalue weighted by molar-refractivity contribution is 5.15. The Morgan fingerprint density at radius 1 is 1.18 bits per heavy atom. The highest BCUT2D eigenvalue weighted by Gasteiger charge is 2.20. The Morgan fingerprint density at radius 2 is 2.00 bits per heavy atom. The zero-order valence-corrected chi connectivity index (χ0v) is 9.84. The maximum atomic E-state index is 4.56. The molecule has 1 heterocycles. The fourth-order valence-corrected chi connectivity index (χ4v) is 1.89. The van der Waals surface area contributed by atoms with E-state index in [9.17, 15) is 0 Å². The smallest absolute Gasteiger partial charge is 0.0762 e. The molecule has 1 aromatic carbocycles. The van der Waals surface area contributed by atoms with Crippen LogP contribution in [0.15, 0.2) is 42.6 Å². The van der Waals surface area contributed by atoms with Crippen LogP contribution in [0.5, 0.6) is 0 Å². The van der Waals surface area contributed by atoms with Gasteiger partial charge in [-0.05, 0) is 24.5 Å². The van der Waals surface area contributed by atoms with Crippen LogP contribution >= 0.6 is 0 Å². The van der Waals surface area contributed by atoms with Gasteiger partial charge in [0.25, 0.3) is 0 Å². The van der Waals surface area contributed by atoms with Crippen LogP contribution in [0, 0.1) is 0 Å². The lowest BCUT2D eigenvalue weighted by Crippen LogP contribution is -2.16. The van der Waals surface area contributed by atoms with Gasteiger partial charge >= 0.3 is 0 Å². The Kier molecular flexibility index (Phi) is 2.92. The molecule has 1 N–H and O–H groups in total. The molecule has 0 radical (unpaired) electrons. The largest absolute Gasteiger partial charge is 0.308 e. The summed E-state index contributed by atoms with van der Waals surface area (Å²) in [7, 11) is 0. The van der Waals surface area contributed by atoms with E-state index in [0.29, 0.717) is 0 Å². The first-order valence-electron chi connectivity index (χ1n) is 6.20. The molecule has 1 aromatic heterocycles. The van der Waals surface area contributed by atoms with Crippen molar-refractivity contribution in [3.63, 3.8) is 0 Å². The van der Waals surface area contributed by atoms with Crippen molar-refractivity contribution in [1.82, 2.24) is 15.1 Å². The zero-order chi connectivity index (χ0) is 11.5. The lowest BCUT2D eigenvalue weighted by atomic mass is 10.2. The highest BCUT2D eigenvalue weighted by Crippen LogP contribution is 2.18. The molecule has 0 bridgehead atoms. The molecule has 3 heteroatoms. The SMILES string of the molecule is c1ccc(Cn2ccc(CNC3CC3)n2)cc1. The second kappa shape index (κ2) is 4.72. The van der Waals surface area contributed by atoms with E-state index in [4.69, 9.17) is 0 Å². The number of nitrogens with one attached hydrogen (secondary N) is 1. The molecule has 0 saturated heterocycles. The molecule has 0 aliphatic heterocycles. The van der Waals surface area contributed by atoms with Gasteiger partial charge in [-0.3, -0.25) is 4.68 Å². The molecule has 1 saturated carbocycles. The lowest BCUT2D eigenvalue weighted by Gasteiger charge is -2.01. The van der Waals surface area contributed by atoms with Gasteiger partial charge in [-0.2, -0.15) is 5.10 Å².